The molecule has 32 heavy (non-hydrogen) atoms. The summed E-state index contributed by atoms with van der Waals surface area (Å²) in [5.41, 5.74) is 2.67. The number of fused-ring (bicyclic) bond motifs is 1. The number of ketones is 1. The topological polar surface area (TPSA) is 94.7 Å². The molecule has 1 amide bonds. The molecule has 0 atom stereocenters. The molecule has 0 saturated carbocycles. The number of amides is 1. The van der Waals surface area contributed by atoms with E-state index in [1.165, 1.54) is 22.2 Å². The molecule has 0 bridgehead atoms. The van der Waals surface area contributed by atoms with Gasteiger partial charge in [-0.25, -0.2) is 4.52 Å². The van der Waals surface area contributed by atoms with Crippen LogP contribution in [0.15, 0.2) is 71.8 Å². The highest BCUT2D eigenvalue weighted by atomic mass is 16.5. The maximum Gasteiger partial charge on any atom is 0.277 e. The fourth-order valence-electron chi connectivity index (χ4n) is 3.32. The van der Waals surface area contributed by atoms with Crippen molar-refractivity contribution < 1.29 is 14.3 Å². The minimum absolute atomic E-state index is 0.0480. The Morgan fingerprint density at radius 1 is 1.03 bits per heavy atom. The summed E-state index contributed by atoms with van der Waals surface area (Å²) >= 11 is 0. The maximum atomic E-state index is 12.9. The number of hydrogen-bond donors (Lipinski definition) is 1. The first kappa shape index (κ1) is 21.0. The smallest absolute Gasteiger partial charge is 0.277 e. The molecule has 0 radical (unpaired) electrons. The number of ether oxygens (including phenoxy) is 1. The lowest BCUT2D eigenvalue weighted by atomic mass is 10.1. The molecular weight excluding hydrogens is 408 g/mol. The molecule has 8 heteroatoms. The molecule has 0 saturated heterocycles. The van der Waals surface area contributed by atoms with Crippen molar-refractivity contribution in [2.45, 2.75) is 20.4 Å². The molecule has 4 aromatic rings. The Kier molecular flexibility index (Phi) is 5.85. The van der Waals surface area contributed by atoms with Crippen LogP contribution in [0.2, 0.25) is 0 Å². The Morgan fingerprint density at radius 2 is 1.75 bits per heavy atom. The SMILES string of the molecule is CCOc1ccc(-c2cc3c(=O)n(CC(=O)Nc4ccc(C(C)=O)cc4)ccn3n2)cc1. The molecule has 2 aromatic carbocycles. The summed E-state index contributed by atoms with van der Waals surface area (Å²) in [7, 11) is 0. The normalized spacial score (nSPS) is 10.8. The first-order valence-corrected chi connectivity index (χ1v) is 10.2. The van der Waals surface area contributed by atoms with Crippen LogP contribution in [0.4, 0.5) is 5.69 Å². The van der Waals surface area contributed by atoms with Crippen molar-refractivity contribution in [2.75, 3.05) is 11.9 Å². The Labute approximate surface area is 184 Å². The van der Waals surface area contributed by atoms with Gasteiger partial charge < -0.3 is 14.6 Å². The van der Waals surface area contributed by atoms with Gasteiger partial charge in [0.15, 0.2) is 5.78 Å². The van der Waals surface area contributed by atoms with E-state index in [0.29, 0.717) is 29.1 Å². The number of nitrogens with zero attached hydrogens (tertiary/aromatic N) is 3. The van der Waals surface area contributed by atoms with Crippen LogP contribution in [-0.2, 0) is 11.3 Å². The van der Waals surface area contributed by atoms with Gasteiger partial charge in [-0.2, -0.15) is 5.10 Å². The van der Waals surface area contributed by atoms with Gasteiger partial charge in [-0.15, -0.1) is 0 Å². The third-order valence-corrected chi connectivity index (χ3v) is 4.95. The quantitative estimate of drug-likeness (QED) is 0.454. The van der Waals surface area contributed by atoms with E-state index in [4.69, 9.17) is 4.74 Å². The van der Waals surface area contributed by atoms with Gasteiger partial charge in [0, 0.05) is 29.2 Å². The number of aromatic nitrogens is 3. The van der Waals surface area contributed by atoms with Crippen molar-refractivity contribution in [1.29, 1.82) is 0 Å². The number of Topliss-reactive ketones (excluding diaryl/α,β-unsaturated/α-hetero) is 1. The molecular formula is C24H22N4O4. The van der Waals surface area contributed by atoms with Gasteiger partial charge in [0.05, 0.1) is 12.3 Å². The van der Waals surface area contributed by atoms with Crippen molar-refractivity contribution in [3.05, 3.63) is 82.9 Å². The second-order valence-electron chi connectivity index (χ2n) is 7.23. The van der Waals surface area contributed by atoms with E-state index >= 15 is 0 Å². The molecule has 8 nitrogen and oxygen atoms in total. The standard InChI is InChI=1S/C24H22N4O4/c1-3-32-20-10-6-18(7-11-20)21-14-22-24(31)27(12-13-28(22)26-21)15-23(30)25-19-8-4-17(5-9-19)16(2)29/h4-14H,3,15H2,1-2H3,(H,25,30). The van der Waals surface area contributed by atoms with Crippen LogP contribution < -0.4 is 15.6 Å². The van der Waals surface area contributed by atoms with Crippen LogP contribution >= 0.6 is 0 Å². The van der Waals surface area contributed by atoms with Crippen molar-refractivity contribution >= 4 is 22.9 Å². The zero-order valence-corrected chi connectivity index (χ0v) is 17.7. The summed E-state index contributed by atoms with van der Waals surface area (Å²) in [6.45, 7) is 3.84. The van der Waals surface area contributed by atoms with E-state index in [9.17, 15) is 14.4 Å². The van der Waals surface area contributed by atoms with Crippen LogP contribution in [0.3, 0.4) is 0 Å². The number of anilines is 1. The van der Waals surface area contributed by atoms with Gasteiger partial charge in [-0.3, -0.25) is 14.4 Å². The van der Waals surface area contributed by atoms with E-state index in [1.54, 1.807) is 36.5 Å². The molecule has 0 fully saturated rings. The van der Waals surface area contributed by atoms with E-state index in [-0.39, 0.29) is 23.8 Å². The molecule has 0 unspecified atom stereocenters. The molecule has 162 valence electrons. The van der Waals surface area contributed by atoms with Crippen LogP contribution in [0, 0.1) is 0 Å². The number of carbonyl (C=O) groups is 2. The van der Waals surface area contributed by atoms with Crippen LogP contribution in [0.5, 0.6) is 5.75 Å². The first-order chi connectivity index (χ1) is 15.4. The fourth-order valence-corrected chi connectivity index (χ4v) is 3.32. The van der Waals surface area contributed by atoms with Crippen LogP contribution in [0.25, 0.3) is 16.8 Å². The van der Waals surface area contributed by atoms with Gasteiger partial charge in [0.1, 0.15) is 17.8 Å². The Balaban J connectivity index is 1.52. The lowest BCUT2D eigenvalue weighted by Gasteiger charge is -2.08. The van der Waals surface area contributed by atoms with Gasteiger partial charge in [0.25, 0.3) is 5.56 Å². The zero-order valence-electron chi connectivity index (χ0n) is 17.7. The van der Waals surface area contributed by atoms with Crippen LogP contribution in [-0.4, -0.2) is 32.5 Å². The first-order valence-electron chi connectivity index (χ1n) is 10.2. The minimum Gasteiger partial charge on any atom is -0.494 e. The number of hydrogen-bond acceptors (Lipinski definition) is 5. The monoisotopic (exact) mass is 430 g/mol. The summed E-state index contributed by atoms with van der Waals surface area (Å²) < 4.78 is 8.29. The van der Waals surface area contributed by atoms with Crippen molar-refractivity contribution in [2.24, 2.45) is 0 Å². The Morgan fingerprint density at radius 3 is 2.41 bits per heavy atom. The maximum absolute atomic E-state index is 12.9. The summed E-state index contributed by atoms with van der Waals surface area (Å²) in [5.74, 6) is 0.371. The third kappa shape index (κ3) is 4.44. The van der Waals surface area contributed by atoms with Crippen molar-refractivity contribution in [3.8, 4) is 17.0 Å². The highest BCUT2D eigenvalue weighted by Gasteiger charge is 2.12. The fraction of sp³-hybridized carbons (Fsp3) is 0.167. The highest BCUT2D eigenvalue weighted by molar-refractivity contribution is 5.95. The van der Waals surface area contributed by atoms with Gasteiger partial charge in [0.2, 0.25) is 5.91 Å². The van der Waals surface area contributed by atoms with Gasteiger partial charge >= 0.3 is 0 Å². The molecule has 0 aliphatic carbocycles. The highest BCUT2D eigenvalue weighted by Crippen LogP contribution is 2.22. The predicted octanol–water partition coefficient (Wildman–Crippen LogP) is 3.40. The predicted molar refractivity (Wildman–Crippen MR) is 121 cm³/mol. The van der Waals surface area contributed by atoms with Gasteiger partial charge in [-0.1, -0.05) is 0 Å². The summed E-state index contributed by atoms with van der Waals surface area (Å²) in [4.78, 5) is 36.7. The second-order valence-corrected chi connectivity index (χ2v) is 7.23. The lowest BCUT2D eigenvalue weighted by Crippen LogP contribution is -2.28. The summed E-state index contributed by atoms with van der Waals surface area (Å²) in [6, 6.07) is 15.8. The molecule has 2 aromatic heterocycles. The zero-order chi connectivity index (χ0) is 22.7. The van der Waals surface area contributed by atoms with Crippen LogP contribution in [0.1, 0.15) is 24.2 Å². The molecule has 2 heterocycles. The van der Waals surface area contributed by atoms with E-state index in [2.05, 4.69) is 10.4 Å². The Bertz CT molecular complexity index is 1340. The second kappa shape index (κ2) is 8.89. The summed E-state index contributed by atoms with van der Waals surface area (Å²) in [5, 5.41) is 7.20. The van der Waals surface area contributed by atoms with Crippen molar-refractivity contribution in [1.82, 2.24) is 14.2 Å². The molecule has 4 rings (SSSR count). The van der Waals surface area contributed by atoms with Crippen molar-refractivity contribution in [3.63, 3.8) is 0 Å². The van der Waals surface area contributed by atoms with E-state index in [1.807, 2.05) is 31.2 Å². The lowest BCUT2D eigenvalue weighted by molar-refractivity contribution is -0.116. The molecule has 0 spiro atoms. The Hall–Kier alpha value is -4.20. The number of nitrogens with one attached hydrogen (secondary N) is 1. The van der Waals surface area contributed by atoms with Gasteiger partial charge in [-0.05, 0) is 68.4 Å². The van der Waals surface area contributed by atoms with E-state index < -0.39 is 0 Å². The number of carbonyl (C=O) groups excluding carboxylic acids is 2. The molecule has 0 aliphatic heterocycles. The third-order valence-electron chi connectivity index (χ3n) is 4.95. The largest absolute Gasteiger partial charge is 0.494 e. The number of benzene rings is 2. The molecule has 1 N–H and O–H groups in total. The molecule has 0 aliphatic rings. The number of rotatable bonds is 7. The minimum atomic E-state index is -0.349. The summed E-state index contributed by atoms with van der Waals surface area (Å²) in [6.07, 6.45) is 3.17. The van der Waals surface area contributed by atoms with E-state index in [0.717, 1.165) is 11.3 Å². The average molecular weight is 430 g/mol. The average Bonchev–Trinajstić information content (AvgIpc) is 3.22.